The van der Waals surface area contributed by atoms with Crippen LogP contribution in [0.3, 0.4) is 0 Å². The molecule has 0 atom stereocenters. The van der Waals surface area contributed by atoms with E-state index in [9.17, 15) is 4.79 Å². The Morgan fingerprint density at radius 1 is 1.25 bits per heavy atom. The van der Waals surface area contributed by atoms with Gasteiger partial charge in [0.2, 0.25) is 0 Å². The zero-order chi connectivity index (χ0) is 12.0. The fourth-order valence-electron chi connectivity index (χ4n) is 1.48. The second kappa shape index (κ2) is 6.26. The molecule has 0 spiro atoms. The number of benzene rings is 1. The number of carbonyl (C=O) groups excluding carboxylic acids is 1. The zero-order valence-corrected chi connectivity index (χ0v) is 10.4. The monoisotopic (exact) mass is 216 g/mol. The van der Waals surface area contributed by atoms with Crippen LogP contribution in [0.15, 0.2) is 30.3 Å². The highest BCUT2D eigenvalue weighted by Gasteiger charge is 1.96. The van der Waals surface area contributed by atoms with Crippen LogP contribution in [0.25, 0.3) is 6.08 Å². The molecule has 0 unspecified atom stereocenters. The van der Waals surface area contributed by atoms with Crippen LogP contribution in [0, 0.1) is 5.92 Å². The molecule has 0 heterocycles. The lowest BCUT2D eigenvalue weighted by atomic mass is 10.1. The van der Waals surface area contributed by atoms with Gasteiger partial charge in [0.15, 0.2) is 5.78 Å². The third-order valence-electron chi connectivity index (χ3n) is 2.54. The zero-order valence-electron chi connectivity index (χ0n) is 10.4. The summed E-state index contributed by atoms with van der Waals surface area (Å²) in [5.74, 6) is 0.875. The van der Waals surface area contributed by atoms with Gasteiger partial charge in [-0.05, 0) is 31.2 Å². The largest absolute Gasteiger partial charge is 0.295 e. The number of ketones is 1. The minimum atomic E-state index is 0.121. The van der Waals surface area contributed by atoms with Gasteiger partial charge in [-0.1, -0.05) is 50.3 Å². The summed E-state index contributed by atoms with van der Waals surface area (Å²) in [6, 6.07) is 7.74. The minimum absolute atomic E-state index is 0.121. The maximum atomic E-state index is 11.1. The van der Waals surface area contributed by atoms with Gasteiger partial charge >= 0.3 is 0 Å². The normalized spacial score (nSPS) is 11.2. The van der Waals surface area contributed by atoms with Crippen molar-refractivity contribution in [3.63, 3.8) is 0 Å². The van der Waals surface area contributed by atoms with E-state index in [1.807, 2.05) is 24.3 Å². The van der Waals surface area contributed by atoms with E-state index in [1.54, 1.807) is 6.92 Å². The number of rotatable bonds is 5. The first-order valence-corrected chi connectivity index (χ1v) is 5.87. The van der Waals surface area contributed by atoms with Crippen molar-refractivity contribution in [3.8, 4) is 0 Å². The molecule has 16 heavy (non-hydrogen) atoms. The highest BCUT2D eigenvalue weighted by molar-refractivity contribution is 5.94. The second-order valence-electron chi connectivity index (χ2n) is 4.55. The lowest BCUT2D eigenvalue weighted by molar-refractivity contribution is 0.101. The van der Waals surface area contributed by atoms with E-state index in [0.29, 0.717) is 0 Å². The minimum Gasteiger partial charge on any atom is -0.295 e. The topological polar surface area (TPSA) is 17.1 Å². The van der Waals surface area contributed by atoms with Crippen molar-refractivity contribution in [2.45, 2.75) is 33.6 Å². The molecule has 1 aromatic carbocycles. The predicted molar refractivity (Wildman–Crippen MR) is 69.6 cm³/mol. The highest BCUT2D eigenvalue weighted by Crippen LogP contribution is 2.09. The smallest absolute Gasteiger partial charge is 0.159 e. The van der Waals surface area contributed by atoms with Crippen LogP contribution in [-0.4, -0.2) is 5.78 Å². The summed E-state index contributed by atoms with van der Waals surface area (Å²) in [4.78, 5) is 11.1. The molecule has 0 bridgehead atoms. The molecule has 0 saturated carbocycles. The van der Waals surface area contributed by atoms with E-state index in [0.717, 1.165) is 23.5 Å². The van der Waals surface area contributed by atoms with Gasteiger partial charge in [-0.2, -0.15) is 0 Å². The number of allylic oxidation sites excluding steroid dienone is 1. The Kier molecular flexibility index (Phi) is 4.97. The van der Waals surface area contributed by atoms with Crippen LogP contribution in [0.1, 0.15) is 49.5 Å². The molecular formula is C15H20O. The van der Waals surface area contributed by atoms with Crippen molar-refractivity contribution >= 4 is 11.9 Å². The molecule has 1 rings (SSSR count). The van der Waals surface area contributed by atoms with Crippen molar-refractivity contribution in [2.75, 3.05) is 0 Å². The summed E-state index contributed by atoms with van der Waals surface area (Å²) in [6.07, 6.45) is 6.66. The first-order valence-electron chi connectivity index (χ1n) is 5.87. The van der Waals surface area contributed by atoms with Crippen LogP contribution >= 0.6 is 0 Å². The fraction of sp³-hybridized carbons (Fsp3) is 0.400. The molecule has 1 nitrogen and oxygen atoms in total. The maximum absolute atomic E-state index is 11.1. The van der Waals surface area contributed by atoms with Gasteiger partial charge in [-0.15, -0.1) is 0 Å². The Hall–Kier alpha value is -1.37. The van der Waals surface area contributed by atoms with E-state index >= 15 is 0 Å². The van der Waals surface area contributed by atoms with Gasteiger partial charge in [0, 0.05) is 5.56 Å². The van der Waals surface area contributed by atoms with Gasteiger partial charge in [-0.25, -0.2) is 0 Å². The van der Waals surface area contributed by atoms with E-state index < -0.39 is 0 Å². The first kappa shape index (κ1) is 12.7. The van der Waals surface area contributed by atoms with E-state index in [4.69, 9.17) is 0 Å². The quantitative estimate of drug-likeness (QED) is 0.669. The number of Topliss-reactive ketones (excluding diaryl/α,β-unsaturated/α-hetero) is 1. The van der Waals surface area contributed by atoms with Crippen LogP contribution in [0.2, 0.25) is 0 Å². The molecule has 0 radical (unpaired) electrons. The van der Waals surface area contributed by atoms with Crippen molar-refractivity contribution in [2.24, 2.45) is 5.92 Å². The van der Waals surface area contributed by atoms with Gasteiger partial charge in [0.25, 0.3) is 0 Å². The lowest BCUT2D eigenvalue weighted by Crippen LogP contribution is -1.90. The molecule has 1 aromatic rings. The third kappa shape index (κ3) is 4.43. The number of carbonyl (C=O) groups is 1. The van der Waals surface area contributed by atoms with Crippen molar-refractivity contribution in [1.29, 1.82) is 0 Å². The van der Waals surface area contributed by atoms with Crippen LogP contribution < -0.4 is 0 Å². The summed E-state index contributed by atoms with van der Waals surface area (Å²) < 4.78 is 0. The van der Waals surface area contributed by atoms with Gasteiger partial charge in [0.1, 0.15) is 0 Å². The molecule has 0 aliphatic rings. The summed E-state index contributed by atoms with van der Waals surface area (Å²) in [5, 5.41) is 0. The molecule has 0 N–H and O–H groups in total. The van der Waals surface area contributed by atoms with Crippen molar-refractivity contribution < 1.29 is 4.79 Å². The Balaban J connectivity index is 2.52. The lowest BCUT2D eigenvalue weighted by Gasteiger charge is -1.99. The average molecular weight is 216 g/mol. The molecule has 0 saturated heterocycles. The summed E-state index contributed by atoms with van der Waals surface area (Å²) in [6.45, 7) is 6.05. The predicted octanol–water partition coefficient (Wildman–Crippen LogP) is 4.34. The summed E-state index contributed by atoms with van der Waals surface area (Å²) in [5.41, 5.74) is 1.94. The Labute approximate surface area is 98.2 Å². The molecular weight excluding hydrogens is 196 g/mol. The molecule has 0 fully saturated rings. The molecule has 0 aromatic heterocycles. The number of hydrogen-bond donors (Lipinski definition) is 0. The summed E-state index contributed by atoms with van der Waals surface area (Å²) in [7, 11) is 0. The molecule has 86 valence electrons. The summed E-state index contributed by atoms with van der Waals surface area (Å²) >= 11 is 0. The highest BCUT2D eigenvalue weighted by atomic mass is 16.1. The van der Waals surface area contributed by atoms with Crippen LogP contribution in [-0.2, 0) is 0 Å². The van der Waals surface area contributed by atoms with Crippen molar-refractivity contribution in [3.05, 3.63) is 41.5 Å². The molecule has 0 aliphatic heterocycles. The van der Waals surface area contributed by atoms with E-state index in [2.05, 4.69) is 26.0 Å². The Bertz CT molecular complexity index is 358. The molecule has 0 aliphatic carbocycles. The maximum Gasteiger partial charge on any atom is 0.159 e. The second-order valence-corrected chi connectivity index (χ2v) is 4.55. The third-order valence-corrected chi connectivity index (χ3v) is 2.54. The average Bonchev–Trinajstić information content (AvgIpc) is 2.25. The van der Waals surface area contributed by atoms with E-state index in [-0.39, 0.29) is 5.78 Å². The van der Waals surface area contributed by atoms with Gasteiger partial charge in [-0.3, -0.25) is 4.79 Å². The van der Waals surface area contributed by atoms with Crippen LogP contribution in [0.4, 0.5) is 0 Å². The molecule has 0 amide bonds. The van der Waals surface area contributed by atoms with Crippen LogP contribution in [0.5, 0.6) is 0 Å². The molecule has 1 heteroatoms. The SMILES string of the molecule is CC(=O)c1ccc(/C=C\CCC(C)C)cc1. The fourth-order valence-corrected chi connectivity index (χ4v) is 1.48. The van der Waals surface area contributed by atoms with Crippen molar-refractivity contribution in [1.82, 2.24) is 0 Å². The Morgan fingerprint density at radius 3 is 2.38 bits per heavy atom. The van der Waals surface area contributed by atoms with E-state index in [1.165, 1.54) is 6.42 Å². The first-order chi connectivity index (χ1) is 7.59. The van der Waals surface area contributed by atoms with Gasteiger partial charge in [0.05, 0.1) is 0 Å². The Morgan fingerprint density at radius 2 is 1.88 bits per heavy atom. The number of hydrogen-bond acceptors (Lipinski definition) is 1. The standard InChI is InChI=1S/C15H20O/c1-12(2)6-4-5-7-14-8-10-15(11-9-14)13(3)16/h5,7-12H,4,6H2,1-3H3/b7-5-. The van der Waals surface area contributed by atoms with Gasteiger partial charge < -0.3 is 0 Å².